The van der Waals surface area contributed by atoms with Crippen molar-refractivity contribution in [3.63, 3.8) is 0 Å². The third-order valence-electron chi connectivity index (χ3n) is 5.57. The van der Waals surface area contributed by atoms with Crippen molar-refractivity contribution in [2.75, 3.05) is 6.54 Å². The smallest absolute Gasteiger partial charge is 0.261 e. The molecule has 0 aromatic heterocycles. The molecule has 2 heterocycles. The maximum atomic E-state index is 12.8. The maximum absolute atomic E-state index is 12.8. The van der Waals surface area contributed by atoms with E-state index in [2.05, 4.69) is 13.8 Å². The molecule has 0 bridgehead atoms. The monoisotopic (exact) mass is 323 g/mol. The Balaban J connectivity index is 1.61. The van der Waals surface area contributed by atoms with Gasteiger partial charge in [0.2, 0.25) is 0 Å². The summed E-state index contributed by atoms with van der Waals surface area (Å²) in [6.45, 7) is 4.66. The molecule has 1 atom stereocenters. The van der Waals surface area contributed by atoms with Gasteiger partial charge in [-0.25, -0.2) is 0 Å². The highest BCUT2D eigenvalue weighted by Crippen LogP contribution is 2.44. The zero-order valence-corrected chi connectivity index (χ0v) is 14.0. The largest absolute Gasteiger partial charge is 0.366 e. The minimum atomic E-state index is -0.191. The predicted octanol–water partition coefficient (Wildman–Crippen LogP) is 3.78. The third kappa shape index (κ3) is 2.09. The summed E-state index contributed by atoms with van der Waals surface area (Å²) in [5.74, 6) is -0.382. The van der Waals surface area contributed by atoms with Gasteiger partial charge in [-0.2, -0.15) is 0 Å². The molecule has 1 fully saturated rings. The molecule has 2 aromatic rings. The Morgan fingerprint density at radius 2 is 1.58 bits per heavy atom. The number of nitrogens with zero attached hydrogens (tertiary/aromatic N) is 1. The van der Waals surface area contributed by atoms with E-state index >= 15 is 0 Å². The number of carbonyl (C=O) groups excluding carboxylic acids is 2. The number of benzene rings is 2. The van der Waals surface area contributed by atoms with E-state index in [-0.39, 0.29) is 23.5 Å². The van der Waals surface area contributed by atoms with Crippen molar-refractivity contribution >= 4 is 22.6 Å². The first-order chi connectivity index (χ1) is 11.6. The zero-order chi connectivity index (χ0) is 16.9. The topological polar surface area (TPSA) is 49.9 Å². The number of ether oxygens (including phenoxy) is 1. The van der Waals surface area contributed by atoms with E-state index in [1.54, 1.807) is 0 Å². The van der Waals surface area contributed by atoms with Gasteiger partial charge in [0.05, 0.1) is 11.7 Å². The molecule has 24 heavy (non-hydrogen) atoms. The van der Waals surface area contributed by atoms with Gasteiger partial charge in [0, 0.05) is 23.1 Å². The average Bonchev–Trinajstić information content (AvgIpc) is 3.33. The minimum absolute atomic E-state index is 0.0419. The lowest BCUT2D eigenvalue weighted by molar-refractivity contribution is 0.0606. The molecule has 0 radical (unpaired) electrons. The lowest BCUT2D eigenvalue weighted by Crippen LogP contribution is -2.41. The average molecular weight is 323 g/mol. The van der Waals surface area contributed by atoms with Gasteiger partial charge in [0.25, 0.3) is 11.8 Å². The van der Waals surface area contributed by atoms with Crippen LogP contribution >= 0.6 is 0 Å². The first kappa shape index (κ1) is 15.3. The summed E-state index contributed by atoms with van der Waals surface area (Å²) in [5.41, 5.74) is 1.20. The van der Waals surface area contributed by atoms with Crippen molar-refractivity contribution in [1.82, 2.24) is 4.90 Å². The second kappa shape index (κ2) is 5.42. The number of hydrogen-bond acceptors (Lipinski definition) is 3. The first-order valence-corrected chi connectivity index (χ1v) is 8.67. The summed E-state index contributed by atoms with van der Waals surface area (Å²) in [4.78, 5) is 27.0. The summed E-state index contributed by atoms with van der Waals surface area (Å²) in [5, 5.41) is 1.72. The van der Waals surface area contributed by atoms with Crippen LogP contribution in [0.2, 0.25) is 0 Å². The molecular weight excluding hydrogens is 302 g/mol. The molecule has 0 saturated carbocycles. The fourth-order valence-electron chi connectivity index (χ4n) is 3.97. The standard InChI is InChI=1S/C20H21NO3/c1-3-20(4-2)16(24-20)11-12-21-18(22)14-9-5-7-13-8-6-10-15(17(13)14)19(21)23/h5-10,16H,3-4,11-12H2,1-2H3. The van der Waals surface area contributed by atoms with Crippen LogP contribution in [0.5, 0.6) is 0 Å². The first-order valence-electron chi connectivity index (χ1n) is 8.67. The van der Waals surface area contributed by atoms with Crippen molar-refractivity contribution in [1.29, 1.82) is 0 Å². The maximum Gasteiger partial charge on any atom is 0.261 e. The summed E-state index contributed by atoms with van der Waals surface area (Å²) in [6, 6.07) is 11.2. The number of carbonyl (C=O) groups is 2. The molecule has 4 heteroatoms. The van der Waals surface area contributed by atoms with Crippen LogP contribution < -0.4 is 0 Å². The molecule has 2 aliphatic rings. The molecule has 4 rings (SSSR count). The van der Waals surface area contributed by atoms with Crippen molar-refractivity contribution in [3.8, 4) is 0 Å². The van der Waals surface area contributed by atoms with E-state index in [1.807, 2.05) is 36.4 Å². The molecule has 2 amide bonds. The highest BCUT2D eigenvalue weighted by atomic mass is 16.6. The highest BCUT2D eigenvalue weighted by Gasteiger charge is 2.53. The predicted molar refractivity (Wildman–Crippen MR) is 92.1 cm³/mol. The molecule has 1 saturated heterocycles. The number of amides is 2. The van der Waals surface area contributed by atoms with Crippen LogP contribution in [-0.4, -0.2) is 35.0 Å². The second-order valence-electron chi connectivity index (χ2n) is 6.64. The third-order valence-corrected chi connectivity index (χ3v) is 5.57. The van der Waals surface area contributed by atoms with Crippen molar-refractivity contribution in [3.05, 3.63) is 47.5 Å². The molecular formula is C20H21NO3. The number of imide groups is 1. The Labute approximate surface area is 141 Å². The van der Waals surface area contributed by atoms with Crippen LogP contribution in [0.1, 0.15) is 53.8 Å². The van der Waals surface area contributed by atoms with Gasteiger partial charge < -0.3 is 4.74 Å². The van der Waals surface area contributed by atoms with Gasteiger partial charge in [0.1, 0.15) is 0 Å². The summed E-state index contributed by atoms with van der Waals surface area (Å²) in [6.07, 6.45) is 2.80. The quantitative estimate of drug-likeness (QED) is 0.621. The molecule has 1 unspecified atom stereocenters. The van der Waals surface area contributed by atoms with E-state index in [0.717, 1.165) is 23.6 Å². The number of hydrogen-bond donors (Lipinski definition) is 0. The van der Waals surface area contributed by atoms with Gasteiger partial charge in [-0.3, -0.25) is 14.5 Å². The van der Waals surface area contributed by atoms with Crippen molar-refractivity contribution in [2.45, 2.75) is 44.8 Å². The zero-order valence-electron chi connectivity index (χ0n) is 14.0. The SMILES string of the molecule is CCC1(CC)OC1CCN1C(=O)c2cccc3cccc(c23)C1=O. The van der Waals surface area contributed by atoms with Crippen LogP contribution in [0.25, 0.3) is 10.8 Å². The second-order valence-corrected chi connectivity index (χ2v) is 6.64. The molecule has 0 aliphatic carbocycles. The molecule has 0 spiro atoms. The Kier molecular flexibility index (Phi) is 3.46. The van der Waals surface area contributed by atoms with Crippen LogP contribution in [0.4, 0.5) is 0 Å². The van der Waals surface area contributed by atoms with Crippen LogP contribution in [-0.2, 0) is 4.74 Å². The van der Waals surface area contributed by atoms with Crippen LogP contribution in [0.15, 0.2) is 36.4 Å². The molecule has 0 N–H and O–H groups in total. The fourth-order valence-corrected chi connectivity index (χ4v) is 3.97. The minimum Gasteiger partial charge on any atom is -0.366 e. The van der Waals surface area contributed by atoms with E-state index in [0.29, 0.717) is 24.1 Å². The molecule has 4 nitrogen and oxygen atoms in total. The van der Waals surface area contributed by atoms with Gasteiger partial charge in [0.15, 0.2) is 0 Å². The van der Waals surface area contributed by atoms with Crippen LogP contribution in [0.3, 0.4) is 0 Å². The summed E-state index contributed by atoms with van der Waals surface area (Å²) >= 11 is 0. The summed E-state index contributed by atoms with van der Waals surface area (Å²) in [7, 11) is 0. The number of rotatable bonds is 5. The lowest BCUT2D eigenvalue weighted by atomic mass is 9.93. The van der Waals surface area contributed by atoms with Crippen molar-refractivity contribution in [2.24, 2.45) is 0 Å². The molecule has 2 aromatic carbocycles. The van der Waals surface area contributed by atoms with Crippen molar-refractivity contribution < 1.29 is 14.3 Å². The fraction of sp³-hybridized carbons (Fsp3) is 0.400. The Morgan fingerprint density at radius 1 is 1.00 bits per heavy atom. The molecule has 2 aliphatic heterocycles. The highest BCUT2D eigenvalue weighted by molar-refractivity contribution is 6.25. The van der Waals surface area contributed by atoms with E-state index in [9.17, 15) is 9.59 Å². The summed E-state index contributed by atoms with van der Waals surface area (Å²) < 4.78 is 5.84. The molecule has 124 valence electrons. The lowest BCUT2D eigenvalue weighted by Gasteiger charge is -2.27. The Hall–Kier alpha value is -2.20. The van der Waals surface area contributed by atoms with Crippen LogP contribution in [0, 0.1) is 0 Å². The van der Waals surface area contributed by atoms with E-state index in [1.165, 1.54) is 4.90 Å². The van der Waals surface area contributed by atoms with Gasteiger partial charge in [-0.15, -0.1) is 0 Å². The normalized spacial score (nSPS) is 21.4. The van der Waals surface area contributed by atoms with Gasteiger partial charge in [-0.05, 0) is 36.8 Å². The Morgan fingerprint density at radius 3 is 2.08 bits per heavy atom. The number of epoxide rings is 1. The van der Waals surface area contributed by atoms with E-state index in [4.69, 9.17) is 4.74 Å². The van der Waals surface area contributed by atoms with E-state index < -0.39 is 0 Å². The Bertz CT molecular complexity index is 787. The van der Waals surface area contributed by atoms with Gasteiger partial charge in [-0.1, -0.05) is 38.1 Å². The van der Waals surface area contributed by atoms with Gasteiger partial charge >= 0.3 is 0 Å².